The fourth-order valence-corrected chi connectivity index (χ4v) is 4.14. The highest BCUT2D eigenvalue weighted by atomic mass is 16.5. The lowest BCUT2D eigenvalue weighted by Gasteiger charge is -2.37. The molecule has 156 valence electrons. The number of fused-ring (bicyclic) bond motifs is 1. The summed E-state index contributed by atoms with van der Waals surface area (Å²) in [5.41, 5.74) is 1.25. The number of likely N-dealkylation sites (tertiary alicyclic amines) is 1. The van der Waals surface area contributed by atoms with Gasteiger partial charge in [-0.15, -0.1) is 0 Å². The van der Waals surface area contributed by atoms with E-state index in [2.05, 4.69) is 5.32 Å². The first-order valence-electron chi connectivity index (χ1n) is 10.1. The molecule has 2 saturated heterocycles. The first-order valence-corrected chi connectivity index (χ1v) is 10.1. The molecule has 2 N–H and O–H groups in total. The Morgan fingerprint density at radius 2 is 1.87 bits per heavy atom. The fraction of sp³-hybridized carbons (Fsp3) is 0.348. The summed E-state index contributed by atoms with van der Waals surface area (Å²) in [7, 11) is 0. The van der Waals surface area contributed by atoms with Crippen molar-refractivity contribution >= 4 is 17.6 Å². The average molecular weight is 408 g/mol. The van der Waals surface area contributed by atoms with Crippen LogP contribution in [-0.2, 0) is 20.7 Å². The predicted octanol–water partition coefficient (Wildman–Crippen LogP) is 1.69. The number of ketones is 1. The Balaban J connectivity index is 1.58. The van der Waals surface area contributed by atoms with Crippen LogP contribution >= 0.6 is 0 Å². The lowest BCUT2D eigenvalue weighted by atomic mass is 9.95. The van der Waals surface area contributed by atoms with Gasteiger partial charge in [-0.3, -0.25) is 14.4 Å². The van der Waals surface area contributed by atoms with Gasteiger partial charge in [0.25, 0.3) is 5.91 Å². The Hall–Kier alpha value is -3.19. The second-order valence-corrected chi connectivity index (χ2v) is 7.70. The number of nitrogens with one attached hydrogen (secondary N) is 1. The van der Waals surface area contributed by atoms with Crippen LogP contribution in [0.5, 0.6) is 5.75 Å². The summed E-state index contributed by atoms with van der Waals surface area (Å²) < 4.78 is 5.55. The Kier molecular flexibility index (Phi) is 5.81. The van der Waals surface area contributed by atoms with E-state index < -0.39 is 12.1 Å². The van der Waals surface area contributed by atoms with Gasteiger partial charge in [0.2, 0.25) is 5.91 Å². The molecule has 2 fully saturated rings. The van der Waals surface area contributed by atoms with Gasteiger partial charge in [-0.05, 0) is 42.7 Å². The van der Waals surface area contributed by atoms with Crippen LogP contribution in [0.15, 0.2) is 54.6 Å². The molecular formula is C23H24N2O5. The van der Waals surface area contributed by atoms with E-state index in [4.69, 9.17) is 4.74 Å². The highest BCUT2D eigenvalue weighted by molar-refractivity contribution is 5.99. The fourth-order valence-electron chi connectivity index (χ4n) is 4.14. The molecule has 7 heteroatoms. The van der Waals surface area contributed by atoms with Gasteiger partial charge >= 0.3 is 0 Å². The number of piperidine rings is 1. The van der Waals surface area contributed by atoms with Crippen LogP contribution in [0.3, 0.4) is 0 Å². The standard InChI is InChI=1S/C23H24N2O5/c26-17-10-8-15(9-11-17)13-18(24-22(28)16-5-2-1-3-6-16)23(29)25-12-4-7-20-21(25)19(27)14-30-20/h1-3,5-6,8-11,18,20-21,26H,4,7,12-14H2,(H,24,28)/t18-,20-,21-/m0/s1. The number of amides is 2. The van der Waals surface area contributed by atoms with Gasteiger partial charge in [-0.25, -0.2) is 0 Å². The van der Waals surface area contributed by atoms with Crippen molar-refractivity contribution in [2.45, 2.75) is 37.5 Å². The van der Waals surface area contributed by atoms with Crippen molar-refractivity contribution in [3.8, 4) is 5.75 Å². The minimum atomic E-state index is -0.839. The molecule has 2 aliphatic heterocycles. The molecule has 4 rings (SSSR count). The number of benzene rings is 2. The summed E-state index contributed by atoms with van der Waals surface area (Å²) in [6.07, 6.45) is 1.48. The van der Waals surface area contributed by atoms with E-state index in [1.165, 1.54) is 0 Å². The Morgan fingerprint density at radius 3 is 2.60 bits per heavy atom. The van der Waals surface area contributed by atoms with Crippen molar-refractivity contribution < 1.29 is 24.2 Å². The molecule has 0 spiro atoms. The summed E-state index contributed by atoms with van der Waals surface area (Å²) in [5.74, 6) is -0.607. The van der Waals surface area contributed by atoms with Crippen LogP contribution < -0.4 is 5.32 Å². The van der Waals surface area contributed by atoms with Crippen LogP contribution in [0, 0.1) is 0 Å². The third-order valence-corrected chi connectivity index (χ3v) is 5.64. The topological polar surface area (TPSA) is 95.9 Å². The number of Topliss-reactive ketones (excluding diaryl/α,β-unsaturated/α-hetero) is 1. The number of phenols is 1. The summed E-state index contributed by atoms with van der Waals surface area (Å²) in [6, 6.07) is 13.8. The van der Waals surface area contributed by atoms with E-state index >= 15 is 0 Å². The molecule has 2 aromatic carbocycles. The lowest BCUT2D eigenvalue weighted by molar-refractivity contribution is -0.142. The quantitative estimate of drug-likeness (QED) is 0.785. The number of rotatable bonds is 5. The van der Waals surface area contributed by atoms with Crippen molar-refractivity contribution in [1.82, 2.24) is 10.2 Å². The molecule has 0 radical (unpaired) electrons. The first kappa shape index (κ1) is 20.1. The number of nitrogens with zero attached hydrogens (tertiary/aromatic N) is 1. The zero-order chi connectivity index (χ0) is 21.1. The van der Waals surface area contributed by atoms with Gasteiger partial charge in [0.05, 0.1) is 6.10 Å². The molecular weight excluding hydrogens is 384 g/mol. The number of carbonyl (C=O) groups excluding carboxylic acids is 3. The van der Waals surface area contributed by atoms with Crippen LogP contribution in [0.25, 0.3) is 0 Å². The SMILES string of the molecule is O=C(N[C@@H](Cc1ccc(O)cc1)C(=O)N1CCC[C@@H]2OCC(=O)[C@@H]21)c1ccccc1. The predicted molar refractivity (Wildman–Crippen MR) is 109 cm³/mol. The summed E-state index contributed by atoms with van der Waals surface area (Å²) in [4.78, 5) is 40.2. The van der Waals surface area contributed by atoms with E-state index in [1.54, 1.807) is 53.4 Å². The number of aromatic hydroxyl groups is 1. The first-order chi connectivity index (χ1) is 14.5. The molecule has 3 atom stereocenters. The molecule has 30 heavy (non-hydrogen) atoms. The van der Waals surface area contributed by atoms with E-state index in [0.29, 0.717) is 12.1 Å². The van der Waals surface area contributed by atoms with Crippen LogP contribution in [0.4, 0.5) is 0 Å². The van der Waals surface area contributed by atoms with Crippen LogP contribution in [-0.4, -0.2) is 58.9 Å². The minimum absolute atomic E-state index is 0.0259. The highest BCUT2D eigenvalue weighted by Gasteiger charge is 2.45. The summed E-state index contributed by atoms with van der Waals surface area (Å²) >= 11 is 0. The Morgan fingerprint density at radius 1 is 1.13 bits per heavy atom. The van der Waals surface area contributed by atoms with E-state index in [0.717, 1.165) is 18.4 Å². The normalized spacial score (nSPS) is 21.7. The van der Waals surface area contributed by atoms with Gasteiger partial charge in [-0.2, -0.15) is 0 Å². The zero-order valence-corrected chi connectivity index (χ0v) is 16.5. The average Bonchev–Trinajstić information content (AvgIpc) is 3.16. The Bertz CT molecular complexity index is 928. The smallest absolute Gasteiger partial charge is 0.251 e. The van der Waals surface area contributed by atoms with Crippen molar-refractivity contribution in [3.63, 3.8) is 0 Å². The number of hydrogen-bond donors (Lipinski definition) is 2. The monoisotopic (exact) mass is 408 g/mol. The number of carbonyl (C=O) groups is 3. The summed E-state index contributed by atoms with van der Waals surface area (Å²) in [6.45, 7) is 0.487. The van der Waals surface area contributed by atoms with E-state index in [-0.39, 0.29) is 42.5 Å². The van der Waals surface area contributed by atoms with Crippen LogP contribution in [0.1, 0.15) is 28.8 Å². The zero-order valence-electron chi connectivity index (χ0n) is 16.5. The van der Waals surface area contributed by atoms with Gasteiger partial charge in [-0.1, -0.05) is 30.3 Å². The van der Waals surface area contributed by atoms with Crippen molar-refractivity contribution in [1.29, 1.82) is 0 Å². The van der Waals surface area contributed by atoms with E-state index in [1.807, 2.05) is 6.07 Å². The Labute approximate surface area is 174 Å². The molecule has 0 bridgehead atoms. The molecule has 0 saturated carbocycles. The molecule has 7 nitrogen and oxygen atoms in total. The largest absolute Gasteiger partial charge is 0.508 e. The van der Waals surface area contributed by atoms with Crippen LogP contribution in [0.2, 0.25) is 0 Å². The number of hydrogen-bond acceptors (Lipinski definition) is 5. The third kappa shape index (κ3) is 4.21. The second-order valence-electron chi connectivity index (χ2n) is 7.70. The molecule has 2 amide bonds. The van der Waals surface area contributed by atoms with Crippen molar-refractivity contribution in [2.24, 2.45) is 0 Å². The van der Waals surface area contributed by atoms with Gasteiger partial charge in [0.1, 0.15) is 24.4 Å². The maximum Gasteiger partial charge on any atom is 0.251 e. The molecule has 2 aromatic rings. The molecule has 0 aliphatic carbocycles. The molecule has 2 aliphatic rings. The minimum Gasteiger partial charge on any atom is -0.508 e. The maximum absolute atomic E-state index is 13.5. The van der Waals surface area contributed by atoms with E-state index in [9.17, 15) is 19.5 Å². The summed E-state index contributed by atoms with van der Waals surface area (Å²) in [5, 5.41) is 12.4. The molecule has 0 aromatic heterocycles. The molecule has 0 unspecified atom stereocenters. The lowest BCUT2D eigenvalue weighted by Crippen LogP contribution is -2.58. The maximum atomic E-state index is 13.5. The van der Waals surface area contributed by atoms with Gasteiger partial charge < -0.3 is 20.1 Å². The van der Waals surface area contributed by atoms with Gasteiger partial charge in [0.15, 0.2) is 5.78 Å². The van der Waals surface area contributed by atoms with Crippen molar-refractivity contribution in [3.05, 3.63) is 65.7 Å². The van der Waals surface area contributed by atoms with Crippen molar-refractivity contribution in [2.75, 3.05) is 13.2 Å². The third-order valence-electron chi connectivity index (χ3n) is 5.64. The second kappa shape index (κ2) is 8.67. The number of phenolic OH excluding ortho intramolecular Hbond substituents is 1. The number of ether oxygens (including phenoxy) is 1. The molecule has 2 heterocycles. The van der Waals surface area contributed by atoms with Gasteiger partial charge in [0, 0.05) is 18.5 Å². The highest BCUT2D eigenvalue weighted by Crippen LogP contribution is 2.27.